The normalized spacial score (nSPS) is 18.3. The van der Waals surface area contributed by atoms with Crippen LogP contribution in [-0.4, -0.2) is 83.1 Å². The Morgan fingerprint density at radius 3 is 2.26 bits per heavy atom. The molecule has 46 heavy (non-hydrogen) atoms. The lowest BCUT2D eigenvalue weighted by atomic mass is 9.84. The number of nitrogens with two attached hydrogens (primary N) is 3. The van der Waals surface area contributed by atoms with E-state index in [2.05, 4.69) is 20.9 Å². The minimum atomic E-state index is -1.02. The number of rotatable bonds is 16. The molecule has 0 unspecified atom stereocenters. The summed E-state index contributed by atoms with van der Waals surface area (Å²) in [7, 11) is 0. The van der Waals surface area contributed by atoms with Gasteiger partial charge in [0.15, 0.2) is 5.96 Å². The molecule has 2 aliphatic rings. The molecule has 1 aromatic rings. The lowest BCUT2D eigenvalue weighted by Crippen LogP contribution is -2.60. The fraction of sp³-hybridized carbons (Fsp3) is 0.625. The lowest BCUT2D eigenvalue weighted by Gasteiger charge is -2.39. The second kappa shape index (κ2) is 18.4. The van der Waals surface area contributed by atoms with Gasteiger partial charge in [-0.3, -0.25) is 29.0 Å². The van der Waals surface area contributed by atoms with Gasteiger partial charge in [-0.25, -0.2) is 0 Å². The van der Waals surface area contributed by atoms with Crippen molar-refractivity contribution in [2.24, 2.45) is 28.1 Å². The first-order valence-corrected chi connectivity index (χ1v) is 17.5. The first-order chi connectivity index (χ1) is 22.0. The van der Waals surface area contributed by atoms with Crippen LogP contribution < -0.4 is 33.2 Å². The number of benzene rings is 1. The number of thioether (sulfide) groups is 1. The van der Waals surface area contributed by atoms with Crippen LogP contribution in [0, 0.1) is 5.92 Å². The molecule has 0 aromatic heterocycles. The van der Waals surface area contributed by atoms with E-state index in [-0.39, 0.29) is 37.8 Å². The molecule has 5 amide bonds. The number of fused-ring (bicyclic) bond motifs is 1. The quantitative estimate of drug-likeness (QED) is 0.0841. The van der Waals surface area contributed by atoms with Crippen LogP contribution in [-0.2, 0) is 36.9 Å². The van der Waals surface area contributed by atoms with E-state index in [4.69, 9.17) is 17.2 Å². The average Bonchev–Trinajstić information content (AvgIpc) is 3.03. The molecule has 1 aliphatic heterocycles. The number of carbonyl (C=O) groups is 5. The smallest absolute Gasteiger partial charge is 0.246 e. The maximum Gasteiger partial charge on any atom is 0.246 e. The molecule has 1 heterocycles. The van der Waals surface area contributed by atoms with Gasteiger partial charge in [0.25, 0.3) is 0 Å². The van der Waals surface area contributed by atoms with Crippen molar-refractivity contribution in [2.45, 2.75) is 102 Å². The molecule has 14 heteroatoms. The highest BCUT2D eigenvalue weighted by Gasteiger charge is 2.39. The Morgan fingerprint density at radius 2 is 1.63 bits per heavy atom. The minimum absolute atomic E-state index is 0.0834. The van der Waals surface area contributed by atoms with E-state index in [1.54, 1.807) is 0 Å². The molecule has 0 spiro atoms. The van der Waals surface area contributed by atoms with Crippen LogP contribution in [0.2, 0.25) is 0 Å². The van der Waals surface area contributed by atoms with Crippen molar-refractivity contribution in [3.05, 3.63) is 35.4 Å². The lowest BCUT2D eigenvalue weighted by molar-refractivity contribution is -0.145. The maximum absolute atomic E-state index is 14.4. The Hall–Kier alpha value is -3.81. The van der Waals surface area contributed by atoms with Crippen molar-refractivity contribution in [1.29, 1.82) is 0 Å². The molecule has 0 bridgehead atoms. The number of primary amides is 1. The summed E-state index contributed by atoms with van der Waals surface area (Å²) in [4.78, 5) is 71.6. The third-order valence-electron chi connectivity index (χ3n) is 8.65. The molecule has 254 valence electrons. The van der Waals surface area contributed by atoms with Crippen LogP contribution in [0.1, 0.15) is 75.8 Å². The highest BCUT2D eigenvalue weighted by molar-refractivity contribution is 7.98. The molecule has 4 atom stereocenters. The van der Waals surface area contributed by atoms with E-state index in [9.17, 15) is 24.0 Å². The number of aliphatic imine (C=N–C) groups is 1. The Morgan fingerprint density at radius 1 is 0.935 bits per heavy atom. The molecule has 13 nitrogen and oxygen atoms in total. The first-order valence-electron chi connectivity index (χ1n) is 16.1. The van der Waals surface area contributed by atoms with Gasteiger partial charge in [-0.2, -0.15) is 11.8 Å². The zero-order chi connectivity index (χ0) is 33.6. The largest absolute Gasteiger partial charge is 0.370 e. The van der Waals surface area contributed by atoms with E-state index < -0.39 is 47.8 Å². The summed E-state index contributed by atoms with van der Waals surface area (Å²) >= 11 is 1.53. The fourth-order valence-electron chi connectivity index (χ4n) is 6.24. The van der Waals surface area contributed by atoms with Crippen molar-refractivity contribution in [3.63, 3.8) is 0 Å². The SMILES string of the molecule is CSCC[C@H](NC(=O)[C@@H]1Cc2ccccc2CN1C(=O)[C@H](CCCN=C(N)N)NC(=O)[C@H](CC1CCCCC1)NC(C)=O)C(N)=O. The van der Waals surface area contributed by atoms with E-state index in [1.165, 1.54) is 23.6 Å². The highest BCUT2D eigenvalue weighted by Crippen LogP contribution is 2.28. The summed E-state index contributed by atoms with van der Waals surface area (Å²) in [5.41, 5.74) is 18.4. The molecular formula is C32H50N8O5S. The van der Waals surface area contributed by atoms with Gasteiger partial charge in [-0.05, 0) is 54.7 Å². The van der Waals surface area contributed by atoms with E-state index >= 15 is 0 Å². The molecular weight excluding hydrogens is 608 g/mol. The predicted molar refractivity (Wildman–Crippen MR) is 179 cm³/mol. The second-order valence-corrected chi connectivity index (χ2v) is 13.2. The number of hydrogen-bond donors (Lipinski definition) is 6. The van der Waals surface area contributed by atoms with Crippen LogP contribution in [0.15, 0.2) is 29.3 Å². The van der Waals surface area contributed by atoms with E-state index in [0.717, 1.165) is 43.2 Å². The molecule has 0 saturated heterocycles. The summed E-state index contributed by atoms with van der Waals surface area (Å²) in [6.07, 6.45) is 8.82. The zero-order valence-corrected chi connectivity index (χ0v) is 27.8. The van der Waals surface area contributed by atoms with E-state index in [0.29, 0.717) is 30.9 Å². The van der Waals surface area contributed by atoms with Crippen LogP contribution in [0.4, 0.5) is 0 Å². The number of hydrogen-bond acceptors (Lipinski definition) is 7. The van der Waals surface area contributed by atoms with Gasteiger partial charge in [0.05, 0.1) is 0 Å². The molecule has 1 aliphatic carbocycles. The van der Waals surface area contributed by atoms with Crippen molar-refractivity contribution >= 4 is 47.3 Å². The number of carbonyl (C=O) groups excluding carboxylic acids is 5. The highest BCUT2D eigenvalue weighted by atomic mass is 32.2. The Kier molecular flexibility index (Phi) is 14.6. The van der Waals surface area contributed by atoms with Gasteiger partial charge in [-0.1, -0.05) is 56.4 Å². The molecule has 9 N–H and O–H groups in total. The average molecular weight is 659 g/mol. The van der Waals surface area contributed by atoms with E-state index in [1.807, 2.05) is 30.5 Å². The molecule has 3 rings (SSSR count). The van der Waals surface area contributed by atoms with Gasteiger partial charge in [0, 0.05) is 26.4 Å². The number of guanidine groups is 1. The first kappa shape index (κ1) is 36.7. The zero-order valence-electron chi connectivity index (χ0n) is 27.0. The Balaban J connectivity index is 1.89. The van der Waals surface area contributed by atoms with Gasteiger partial charge >= 0.3 is 0 Å². The third-order valence-corrected chi connectivity index (χ3v) is 9.30. The second-order valence-electron chi connectivity index (χ2n) is 12.2. The third kappa shape index (κ3) is 11.2. The van der Waals surface area contributed by atoms with Crippen LogP contribution >= 0.6 is 11.8 Å². The van der Waals surface area contributed by atoms with Gasteiger partial charge in [0.1, 0.15) is 24.2 Å². The van der Waals surface area contributed by atoms with Gasteiger partial charge in [-0.15, -0.1) is 0 Å². The predicted octanol–water partition coefficient (Wildman–Crippen LogP) is 0.677. The Bertz CT molecular complexity index is 1250. The number of amides is 5. The summed E-state index contributed by atoms with van der Waals surface area (Å²) in [5, 5.41) is 8.45. The summed E-state index contributed by atoms with van der Waals surface area (Å²) in [5.74, 6) is -1.55. The van der Waals surface area contributed by atoms with Gasteiger partial charge < -0.3 is 38.1 Å². The molecule has 1 fully saturated rings. The van der Waals surface area contributed by atoms with Crippen molar-refractivity contribution in [2.75, 3.05) is 18.6 Å². The van der Waals surface area contributed by atoms with Crippen molar-refractivity contribution < 1.29 is 24.0 Å². The summed E-state index contributed by atoms with van der Waals surface area (Å²) in [6, 6.07) is 3.90. The standard InChI is InChI=1S/C32H50N8O5S/c1-20(41)37-26(17-21-9-4-3-5-10-21)29(43)39-25(13-8-15-36-32(34)35)31(45)40-19-23-12-7-6-11-22(23)18-27(40)30(44)38-24(28(33)42)14-16-46-2/h6-7,11-12,21,24-27H,3-5,8-10,13-19H2,1-2H3,(H2,33,42)(H,37,41)(H,38,44)(H,39,43)(H4,34,35,36)/t24-,25-,26-,27-/m0/s1. The van der Waals surface area contributed by atoms with Crippen molar-refractivity contribution in [1.82, 2.24) is 20.9 Å². The van der Waals surface area contributed by atoms with Crippen LogP contribution in [0.3, 0.4) is 0 Å². The maximum atomic E-state index is 14.4. The summed E-state index contributed by atoms with van der Waals surface area (Å²) < 4.78 is 0. The topological polar surface area (TPSA) is 215 Å². The molecule has 0 radical (unpaired) electrons. The molecule has 1 saturated carbocycles. The minimum Gasteiger partial charge on any atom is -0.370 e. The number of nitrogens with zero attached hydrogens (tertiary/aromatic N) is 2. The van der Waals surface area contributed by atoms with Crippen LogP contribution in [0.25, 0.3) is 0 Å². The van der Waals surface area contributed by atoms with Crippen LogP contribution in [0.5, 0.6) is 0 Å². The van der Waals surface area contributed by atoms with Crippen molar-refractivity contribution in [3.8, 4) is 0 Å². The summed E-state index contributed by atoms with van der Waals surface area (Å²) in [6.45, 7) is 1.74. The monoisotopic (exact) mass is 658 g/mol. The number of nitrogens with one attached hydrogen (secondary N) is 3. The Labute approximate surface area is 275 Å². The molecule has 1 aromatic carbocycles. The fourth-order valence-corrected chi connectivity index (χ4v) is 6.72. The van der Waals surface area contributed by atoms with Gasteiger partial charge in [0.2, 0.25) is 29.5 Å².